The quantitative estimate of drug-likeness (QED) is 0.849. The highest BCUT2D eigenvalue weighted by Gasteiger charge is 2.12. The molecule has 0 spiro atoms. The molecule has 0 bridgehead atoms. The first kappa shape index (κ1) is 16.4. The lowest BCUT2D eigenvalue weighted by Gasteiger charge is -2.20. The van der Waals surface area contributed by atoms with E-state index in [2.05, 4.69) is 5.10 Å². The second-order valence-electron chi connectivity index (χ2n) is 5.44. The maximum atomic E-state index is 11.8. The van der Waals surface area contributed by atoms with Crippen molar-refractivity contribution in [1.29, 1.82) is 0 Å². The Morgan fingerprint density at radius 3 is 2.82 bits per heavy atom. The summed E-state index contributed by atoms with van der Waals surface area (Å²) in [6.07, 6.45) is 1.72. The minimum absolute atomic E-state index is 0.128. The molecule has 0 radical (unpaired) electrons. The van der Waals surface area contributed by atoms with Crippen molar-refractivity contribution >= 4 is 17.3 Å². The third-order valence-corrected chi connectivity index (χ3v) is 3.52. The summed E-state index contributed by atoms with van der Waals surface area (Å²) in [5.74, 6) is 0.828. The number of rotatable bonds is 5. The van der Waals surface area contributed by atoms with Gasteiger partial charge in [0.15, 0.2) is 0 Å². The number of halogens is 1. The molecular weight excluding hydrogens is 302 g/mol. The Morgan fingerprint density at radius 1 is 1.41 bits per heavy atom. The molecule has 0 fully saturated rings. The zero-order valence-corrected chi connectivity index (χ0v) is 14.0. The Hall–Kier alpha value is -2.01. The van der Waals surface area contributed by atoms with Crippen molar-refractivity contribution in [3.05, 3.63) is 51.4 Å². The van der Waals surface area contributed by atoms with Gasteiger partial charge in [-0.3, -0.25) is 4.79 Å². The van der Waals surface area contributed by atoms with E-state index in [1.54, 1.807) is 13.2 Å². The molecule has 6 heteroatoms. The fourth-order valence-corrected chi connectivity index (χ4v) is 2.43. The van der Waals surface area contributed by atoms with E-state index in [0.717, 1.165) is 11.3 Å². The molecular formula is C16H20ClN3O2. The molecule has 2 aromatic rings. The van der Waals surface area contributed by atoms with Crippen LogP contribution in [0.3, 0.4) is 0 Å². The normalized spacial score (nSPS) is 10.8. The van der Waals surface area contributed by atoms with E-state index >= 15 is 0 Å². The lowest BCUT2D eigenvalue weighted by atomic mass is 10.2. The molecule has 1 aromatic carbocycles. The SMILES string of the molecule is CC(C)Oc1cccc(CN(C)c2cnn(C)c(=O)c2Cl)c1. The monoisotopic (exact) mass is 321 g/mol. The van der Waals surface area contributed by atoms with Crippen LogP contribution >= 0.6 is 11.6 Å². The van der Waals surface area contributed by atoms with Gasteiger partial charge < -0.3 is 9.64 Å². The topological polar surface area (TPSA) is 47.4 Å². The van der Waals surface area contributed by atoms with E-state index in [9.17, 15) is 4.79 Å². The van der Waals surface area contributed by atoms with E-state index in [-0.39, 0.29) is 16.7 Å². The van der Waals surface area contributed by atoms with Gasteiger partial charge in [-0.2, -0.15) is 5.10 Å². The van der Waals surface area contributed by atoms with Gasteiger partial charge in [-0.1, -0.05) is 23.7 Å². The third kappa shape index (κ3) is 3.80. The number of aromatic nitrogens is 2. The Kier molecular flexibility index (Phi) is 5.08. The first-order valence-electron chi connectivity index (χ1n) is 7.07. The van der Waals surface area contributed by atoms with Crippen molar-refractivity contribution in [3.8, 4) is 5.75 Å². The Bertz CT molecular complexity index is 713. The second kappa shape index (κ2) is 6.83. The van der Waals surface area contributed by atoms with E-state index in [1.807, 2.05) is 50.1 Å². The van der Waals surface area contributed by atoms with Crippen LogP contribution in [-0.4, -0.2) is 22.9 Å². The van der Waals surface area contributed by atoms with Crippen molar-refractivity contribution in [2.75, 3.05) is 11.9 Å². The van der Waals surface area contributed by atoms with Gasteiger partial charge in [-0.25, -0.2) is 4.68 Å². The number of benzene rings is 1. The maximum absolute atomic E-state index is 11.8. The average molecular weight is 322 g/mol. The molecule has 0 aliphatic heterocycles. The van der Waals surface area contributed by atoms with Crippen LogP contribution in [0.25, 0.3) is 0 Å². The summed E-state index contributed by atoms with van der Waals surface area (Å²) in [7, 11) is 3.45. The first-order valence-corrected chi connectivity index (χ1v) is 7.45. The molecule has 1 heterocycles. The number of hydrogen-bond donors (Lipinski definition) is 0. The van der Waals surface area contributed by atoms with E-state index in [0.29, 0.717) is 12.2 Å². The first-order chi connectivity index (χ1) is 10.4. The van der Waals surface area contributed by atoms with E-state index in [1.165, 1.54) is 4.68 Å². The minimum atomic E-state index is -0.303. The molecule has 0 N–H and O–H groups in total. The molecule has 0 aliphatic rings. The van der Waals surface area contributed by atoms with Crippen LogP contribution in [0.4, 0.5) is 5.69 Å². The minimum Gasteiger partial charge on any atom is -0.491 e. The molecule has 0 amide bonds. The highest BCUT2D eigenvalue weighted by Crippen LogP contribution is 2.22. The number of aryl methyl sites for hydroxylation is 1. The predicted molar refractivity (Wildman–Crippen MR) is 88.8 cm³/mol. The van der Waals surface area contributed by atoms with Crippen LogP contribution in [0.2, 0.25) is 5.02 Å². The largest absolute Gasteiger partial charge is 0.491 e. The summed E-state index contributed by atoms with van der Waals surface area (Å²) in [4.78, 5) is 13.7. The van der Waals surface area contributed by atoms with Crippen LogP contribution in [-0.2, 0) is 13.6 Å². The molecule has 22 heavy (non-hydrogen) atoms. The Morgan fingerprint density at radius 2 is 2.14 bits per heavy atom. The number of ether oxygens (including phenoxy) is 1. The van der Waals surface area contributed by atoms with Gasteiger partial charge >= 0.3 is 0 Å². The lowest BCUT2D eigenvalue weighted by molar-refractivity contribution is 0.242. The number of anilines is 1. The maximum Gasteiger partial charge on any atom is 0.287 e. The molecule has 0 unspecified atom stereocenters. The van der Waals surface area contributed by atoms with Crippen molar-refractivity contribution in [2.24, 2.45) is 7.05 Å². The van der Waals surface area contributed by atoms with Gasteiger partial charge in [-0.15, -0.1) is 0 Å². The third-order valence-electron chi connectivity index (χ3n) is 3.16. The Balaban J connectivity index is 2.20. The average Bonchev–Trinajstić information content (AvgIpc) is 2.44. The second-order valence-corrected chi connectivity index (χ2v) is 5.82. The number of nitrogens with zero attached hydrogens (tertiary/aromatic N) is 3. The standard InChI is InChI=1S/C16H20ClN3O2/c1-11(2)22-13-7-5-6-12(8-13)10-19(3)14-9-18-20(4)16(21)15(14)17/h5-9,11H,10H2,1-4H3. The molecule has 118 valence electrons. The van der Waals surface area contributed by atoms with Crippen LogP contribution in [0.15, 0.2) is 35.3 Å². The van der Waals surface area contributed by atoms with Crippen LogP contribution in [0, 0.1) is 0 Å². The van der Waals surface area contributed by atoms with Crippen LogP contribution in [0.1, 0.15) is 19.4 Å². The fourth-order valence-electron chi connectivity index (χ4n) is 2.12. The summed E-state index contributed by atoms with van der Waals surface area (Å²) in [5.41, 5.74) is 1.38. The zero-order chi connectivity index (χ0) is 16.3. The molecule has 0 saturated carbocycles. The fraction of sp³-hybridized carbons (Fsp3) is 0.375. The highest BCUT2D eigenvalue weighted by molar-refractivity contribution is 6.32. The van der Waals surface area contributed by atoms with Gasteiger partial charge in [0.1, 0.15) is 10.8 Å². The zero-order valence-electron chi connectivity index (χ0n) is 13.2. The molecule has 0 saturated heterocycles. The van der Waals surface area contributed by atoms with Gasteiger partial charge in [0.25, 0.3) is 5.56 Å². The summed E-state index contributed by atoms with van der Waals surface area (Å²) >= 11 is 6.12. The Labute approximate surface area is 135 Å². The summed E-state index contributed by atoms with van der Waals surface area (Å²) < 4.78 is 6.91. The van der Waals surface area contributed by atoms with Crippen molar-refractivity contribution in [2.45, 2.75) is 26.5 Å². The molecule has 5 nitrogen and oxygen atoms in total. The van der Waals surface area contributed by atoms with Gasteiger partial charge in [0, 0.05) is 20.6 Å². The summed E-state index contributed by atoms with van der Waals surface area (Å²) in [6.45, 7) is 4.58. The lowest BCUT2D eigenvalue weighted by Crippen LogP contribution is -2.25. The molecule has 0 aliphatic carbocycles. The summed E-state index contributed by atoms with van der Waals surface area (Å²) in [6, 6.07) is 7.87. The summed E-state index contributed by atoms with van der Waals surface area (Å²) in [5, 5.41) is 4.19. The smallest absolute Gasteiger partial charge is 0.287 e. The molecule has 0 atom stereocenters. The van der Waals surface area contributed by atoms with E-state index in [4.69, 9.17) is 16.3 Å². The van der Waals surface area contributed by atoms with Crippen molar-refractivity contribution in [1.82, 2.24) is 9.78 Å². The van der Waals surface area contributed by atoms with Crippen molar-refractivity contribution in [3.63, 3.8) is 0 Å². The van der Waals surface area contributed by atoms with Crippen LogP contribution < -0.4 is 15.2 Å². The van der Waals surface area contributed by atoms with Gasteiger partial charge in [0.05, 0.1) is 18.0 Å². The molecule has 2 rings (SSSR count). The van der Waals surface area contributed by atoms with Gasteiger partial charge in [-0.05, 0) is 31.5 Å². The van der Waals surface area contributed by atoms with Gasteiger partial charge in [0.2, 0.25) is 0 Å². The molecule has 1 aromatic heterocycles. The number of hydrogen-bond acceptors (Lipinski definition) is 4. The highest BCUT2D eigenvalue weighted by atomic mass is 35.5. The van der Waals surface area contributed by atoms with Crippen molar-refractivity contribution < 1.29 is 4.74 Å². The predicted octanol–water partition coefficient (Wildman–Crippen LogP) is 2.86. The van der Waals surface area contributed by atoms with Crippen LogP contribution in [0.5, 0.6) is 5.75 Å². The van der Waals surface area contributed by atoms with E-state index < -0.39 is 0 Å².